The number of ether oxygens (including phenoxy) is 2. The maximum atomic E-state index is 11.3. The lowest BCUT2D eigenvalue weighted by Gasteiger charge is -2.27. The van der Waals surface area contributed by atoms with Crippen LogP contribution in [-0.4, -0.2) is 70.2 Å². The van der Waals surface area contributed by atoms with Gasteiger partial charge >= 0.3 is 11.9 Å². The van der Waals surface area contributed by atoms with E-state index >= 15 is 0 Å². The van der Waals surface area contributed by atoms with Crippen molar-refractivity contribution in [3.63, 3.8) is 0 Å². The summed E-state index contributed by atoms with van der Waals surface area (Å²) in [5.74, 6) is 5.91. The van der Waals surface area contributed by atoms with Gasteiger partial charge in [0.25, 0.3) is 0 Å². The largest absolute Gasteiger partial charge is 0.462 e. The van der Waals surface area contributed by atoms with Crippen molar-refractivity contribution >= 4 is 59.0 Å². The Labute approximate surface area is 180 Å². The first-order valence-corrected chi connectivity index (χ1v) is 13.3. The van der Waals surface area contributed by atoms with Gasteiger partial charge in [0.05, 0.1) is 6.61 Å². The SMILES string of the molecule is C=C(C)C(=O)OCCCSCC1CSC(CSCCOC(=O)C(=C)C)CS1. The lowest BCUT2D eigenvalue weighted by molar-refractivity contribution is -0.139. The minimum Gasteiger partial charge on any atom is -0.462 e. The second-order valence-electron chi connectivity index (χ2n) is 6.25. The molecule has 0 saturated carbocycles. The summed E-state index contributed by atoms with van der Waals surface area (Å²) in [7, 11) is 0. The molecule has 1 heterocycles. The predicted octanol–water partition coefficient (Wildman–Crippen LogP) is 4.30. The average molecular weight is 451 g/mol. The van der Waals surface area contributed by atoms with Gasteiger partial charge in [-0.2, -0.15) is 47.0 Å². The Kier molecular flexibility index (Phi) is 13.6. The van der Waals surface area contributed by atoms with Crippen LogP contribution in [0.15, 0.2) is 24.3 Å². The summed E-state index contributed by atoms with van der Waals surface area (Å²) in [5.41, 5.74) is 0.912. The Morgan fingerprint density at radius 1 is 0.889 bits per heavy atom. The summed E-state index contributed by atoms with van der Waals surface area (Å²) in [5, 5.41) is 1.38. The molecular weight excluding hydrogens is 420 g/mol. The second kappa shape index (κ2) is 14.8. The maximum Gasteiger partial charge on any atom is 0.333 e. The number of hydrogen-bond donors (Lipinski definition) is 0. The summed E-state index contributed by atoms with van der Waals surface area (Å²) < 4.78 is 10.2. The van der Waals surface area contributed by atoms with Crippen molar-refractivity contribution in [2.75, 3.05) is 47.7 Å². The Balaban J connectivity index is 1.96. The zero-order chi connectivity index (χ0) is 20.1. The van der Waals surface area contributed by atoms with Crippen molar-refractivity contribution < 1.29 is 19.1 Å². The van der Waals surface area contributed by atoms with Gasteiger partial charge < -0.3 is 9.47 Å². The van der Waals surface area contributed by atoms with Crippen LogP contribution in [-0.2, 0) is 19.1 Å². The van der Waals surface area contributed by atoms with Gasteiger partial charge in [-0.1, -0.05) is 13.2 Å². The number of thioether (sulfide) groups is 4. The van der Waals surface area contributed by atoms with Crippen molar-refractivity contribution in [1.29, 1.82) is 0 Å². The van der Waals surface area contributed by atoms with Gasteiger partial charge in [0.2, 0.25) is 0 Å². The fourth-order valence-corrected chi connectivity index (χ4v) is 7.68. The normalized spacial score (nSPS) is 19.3. The number of hydrogen-bond acceptors (Lipinski definition) is 8. The highest BCUT2D eigenvalue weighted by Gasteiger charge is 2.22. The highest BCUT2D eigenvalue weighted by atomic mass is 32.2. The standard InChI is InChI=1S/C19H30O4S4/c1-14(2)18(20)22-6-5-8-24-10-16-12-27-17(13-26-16)11-25-9-7-23-19(21)15(3)4/h16-17H,1,3,5-13H2,2,4H3. The van der Waals surface area contributed by atoms with Crippen LogP contribution < -0.4 is 0 Å². The fraction of sp³-hybridized carbons (Fsp3) is 0.684. The topological polar surface area (TPSA) is 52.6 Å². The fourth-order valence-electron chi connectivity index (χ4n) is 1.97. The third-order valence-corrected chi connectivity index (χ3v) is 9.42. The molecule has 4 nitrogen and oxygen atoms in total. The Hall–Kier alpha value is -0.180. The minimum absolute atomic E-state index is 0.294. The molecule has 154 valence electrons. The van der Waals surface area contributed by atoms with Crippen LogP contribution in [0.5, 0.6) is 0 Å². The number of carbonyl (C=O) groups excluding carboxylic acids is 2. The molecule has 8 heteroatoms. The Bertz CT molecular complexity index is 502. The molecule has 1 saturated heterocycles. The first kappa shape index (κ1) is 24.9. The van der Waals surface area contributed by atoms with E-state index in [9.17, 15) is 9.59 Å². The van der Waals surface area contributed by atoms with Crippen LogP contribution in [0.2, 0.25) is 0 Å². The van der Waals surface area contributed by atoms with Gasteiger partial charge in [-0.15, -0.1) is 0 Å². The molecule has 0 aromatic carbocycles. The molecule has 2 atom stereocenters. The van der Waals surface area contributed by atoms with Crippen molar-refractivity contribution in [1.82, 2.24) is 0 Å². The summed E-state index contributed by atoms with van der Waals surface area (Å²) in [6, 6.07) is 0. The van der Waals surface area contributed by atoms with Crippen LogP contribution >= 0.6 is 47.0 Å². The molecule has 0 aromatic heterocycles. The van der Waals surface area contributed by atoms with E-state index in [-0.39, 0.29) is 11.9 Å². The highest BCUT2D eigenvalue weighted by molar-refractivity contribution is 8.09. The minimum atomic E-state index is -0.299. The molecule has 1 fully saturated rings. The zero-order valence-electron chi connectivity index (χ0n) is 16.2. The summed E-state index contributed by atoms with van der Waals surface area (Å²) in [6.07, 6.45) is 0.892. The van der Waals surface area contributed by atoms with Crippen LogP contribution in [0.25, 0.3) is 0 Å². The van der Waals surface area contributed by atoms with E-state index in [4.69, 9.17) is 9.47 Å². The van der Waals surface area contributed by atoms with E-state index < -0.39 is 0 Å². The summed E-state index contributed by atoms with van der Waals surface area (Å²) in [6.45, 7) is 11.4. The van der Waals surface area contributed by atoms with Crippen LogP contribution in [0, 0.1) is 0 Å². The number of rotatable bonds is 13. The van der Waals surface area contributed by atoms with Crippen molar-refractivity contribution in [2.45, 2.75) is 30.8 Å². The zero-order valence-corrected chi connectivity index (χ0v) is 19.5. The first-order valence-electron chi connectivity index (χ1n) is 8.94. The molecule has 0 spiro atoms. The number of esters is 2. The predicted molar refractivity (Wildman–Crippen MR) is 123 cm³/mol. The Morgan fingerprint density at radius 2 is 1.37 bits per heavy atom. The van der Waals surface area contributed by atoms with E-state index in [1.54, 1.807) is 13.8 Å². The van der Waals surface area contributed by atoms with Gasteiger partial charge in [-0.05, 0) is 26.0 Å². The quantitative estimate of drug-likeness (QED) is 0.234. The van der Waals surface area contributed by atoms with Gasteiger partial charge in [0.1, 0.15) is 6.61 Å². The summed E-state index contributed by atoms with van der Waals surface area (Å²) >= 11 is 7.92. The number of carbonyl (C=O) groups is 2. The molecule has 0 amide bonds. The van der Waals surface area contributed by atoms with E-state index in [1.165, 1.54) is 11.5 Å². The highest BCUT2D eigenvalue weighted by Crippen LogP contribution is 2.33. The van der Waals surface area contributed by atoms with E-state index in [1.807, 2.05) is 23.5 Å². The van der Waals surface area contributed by atoms with Crippen molar-refractivity contribution in [3.05, 3.63) is 24.3 Å². The lowest BCUT2D eigenvalue weighted by Crippen LogP contribution is -2.25. The van der Waals surface area contributed by atoms with Crippen LogP contribution in [0.3, 0.4) is 0 Å². The molecule has 1 aliphatic heterocycles. The second-order valence-corrected chi connectivity index (χ2v) is 11.2. The Morgan fingerprint density at radius 3 is 1.85 bits per heavy atom. The molecular formula is C19H30O4S4. The molecule has 0 aliphatic carbocycles. The maximum absolute atomic E-state index is 11.3. The van der Waals surface area contributed by atoms with Gasteiger partial charge in [0, 0.05) is 50.4 Å². The molecule has 0 radical (unpaired) electrons. The van der Waals surface area contributed by atoms with E-state index in [2.05, 4.69) is 36.7 Å². The van der Waals surface area contributed by atoms with Gasteiger partial charge in [-0.3, -0.25) is 0 Å². The molecule has 0 aromatic rings. The monoisotopic (exact) mass is 450 g/mol. The smallest absolute Gasteiger partial charge is 0.333 e. The molecule has 0 N–H and O–H groups in total. The summed E-state index contributed by atoms with van der Waals surface area (Å²) in [4.78, 5) is 22.5. The van der Waals surface area contributed by atoms with Crippen molar-refractivity contribution in [2.24, 2.45) is 0 Å². The molecule has 1 rings (SSSR count). The molecule has 1 aliphatic rings. The van der Waals surface area contributed by atoms with Crippen molar-refractivity contribution in [3.8, 4) is 0 Å². The third-order valence-electron chi connectivity index (χ3n) is 3.47. The average Bonchev–Trinajstić information content (AvgIpc) is 2.64. The molecule has 2 unspecified atom stereocenters. The molecule has 0 bridgehead atoms. The first-order chi connectivity index (χ1) is 12.9. The van der Waals surface area contributed by atoms with Crippen LogP contribution in [0.1, 0.15) is 20.3 Å². The van der Waals surface area contributed by atoms with E-state index in [0.29, 0.717) is 34.9 Å². The molecule has 27 heavy (non-hydrogen) atoms. The van der Waals surface area contributed by atoms with Gasteiger partial charge in [0.15, 0.2) is 0 Å². The lowest BCUT2D eigenvalue weighted by atomic mass is 10.4. The van der Waals surface area contributed by atoms with Gasteiger partial charge in [-0.25, -0.2) is 9.59 Å². The third kappa shape index (κ3) is 12.1. The van der Waals surface area contributed by atoms with E-state index in [0.717, 1.165) is 29.4 Å². The van der Waals surface area contributed by atoms with Crippen LogP contribution in [0.4, 0.5) is 0 Å².